The van der Waals surface area contributed by atoms with Crippen molar-refractivity contribution in [1.82, 2.24) is 14.8 Å². The summed E-state index contributed by atoms with van der Waals surface area (Å²) in [6.45, 7) is 4.75. The fraction of sp³-hybridized carbons (Fsp3) is 0.357. The van der Waals surface area contributed by atoms with Crippen LogP contribution in [0.15, 0.2) is 24.5 Å². The summed E-state index contributed by atoms with van der Waals surface area (Å²) in [7, 11) is 0. The Morgan fingerprint density at radius 2 is 2.25 bits per heavy atom. The van der Waals surface area contributed by atoms with Crippen molar-refractivity contribution >= 4 is 11.7 Å². The smallest absolute Gasteiger partial charge is 0.338 e. The Kier molecular flexibility index (Phi) is 4.34. The maximum atomic E-state index is 12.0. The SMILES string of the molecule is CCCn1ncnc1COC(=O)c1ccc(N)cc1C. The summed E-state index contributed by atoms with van der Waals surface area (Å²) >= 11 is 0. The number of hydrogen-bond donors (Lipinski definition) is 1. The Labute approximate surface area is 117 Å². The average molecular weight is 274 g/mol. The van der Waals surface area contributed by atoms with Gasteiger partial charge in [-0.15, -0.1) is 0 Å². The van der Waals surface area contributed by atoms with E-state index in [4.69, 9.17) is 10.5 Å². The Hall–Kier alpha value is -2.37. The number of nitrogens with two attached hydrogens (primary N) is 1. The molecule has 0 bridgehead atoms. The van der Waals surface area contributed by atoms with E-state index in [2.05, 4.69) is 17.0 Å². The maximum absolute atomic E-state index is 12.0. The predicted molar refractivity (Wildman–Crippen MR) is 75.0 cm³/mol. The van der Waals surface area contributed by atoms with E-state index in [-0.39, 0.29) is 12.6 Å². The average Bonchev–Trinajstić information content (AvgIpc) is 2.84. The van der Waals surface area contributed by atoms with Gasteiger partial charge in [-0.1, -0.05) is 6.92 Å². The summed E-state index contributed by atoms with van der Waals surface area (Å²) in [4.78, 5) is 16.1. The molecular weight excluding hydrogens is 256 g/mol. The highest BCUT2D eigenvalue weighted by Gasteiger charge is 2.12. The Balaban J connectivity index is 2.03. The van der Waals surface area contributed by atoms with Crippen molar-refractivity contribution in [1.29, 1.82) is 0 Å². The van der Waals surface area contributed by atoms with E-state index < -0.39 is 0 Å². The number of anilines is 1. The van der Waals surface area contributed by atoms with Gasteiger partial charge in [0.05, 0.1) is 5.56 Å². The molecule has 2 rings (SSSR count). The minimum absolute atomic E-state index is 0.114. The van der Waals surface area contributed by atoms with Crippen LogP contribution < -0.4 is 5.73 Å². The largest absolute Gasteiger partial charge is 0.454 e. The van der Waals surface area contributed by atoms with Crippen molar-refractivity contribution in [3.05, 3.63) is 41.5 Å². The molecule has 20 heavy (non-hydrogen) atoms. The third-order valence-corrected chi connectivity index (χ3v) is 2.93. The molecule has 0 spiro atoms. The molecule has 0 aliphatic rings. The highest BCUT2D eigenvalue weighted by Crippen LogP contribution is 2.14. The van der Waals surface area contributed by atoms with E-state index >= 15 is 0 Å². The number of carbonyl (C=O) groups excluding carboxylic acids is 1. The Morgan fingerprint density at radius 3 is 2.95 bits per heavy atom. The number of hydrogen-bond acceptors (Lipinski definition) is 5. The maximum Gasteiger partial charge on any atom is 0.338 e. The number of esters is 1. The molecule has 1 aromatic heterocycles. The van der Waals surface area contributed by atoms with E-state index in [0.29, 0.717) is 17.1 Å². The number of aromatic nitrogens is 3. The summed E-state index contributed by atoms with van der Waals surface area (Å²) in [6.07, 6.45) is 2.41. The van der Waals surface area contributed by atoms with E-state index in [1.807, 2.05) is 6.92 Å². The summed E-state index contributed by atoms with van der Waals surface area (Å²) in [5, 5.41) is 4.08. The van der Waals surface area contributed by atoms with Gasteiger partial charge in [0.15, 0.2) is 12.4 Å². The van der Waals surface area contributed by atoms with Gasteiger partial charge >= 0.3 is 5.97 Å². The number of carbonyl (C=O) groups is 1. The lowest BCUT2D eigenvalue weighted by molar-refractivity contribution is 0.0456. The molecule has 0 unspecified atom stereocenters. The van der Waals surface area contributed by atoms with Gasteiger partial charge in [0.25, 0.3) is 0 Å². The van der Waals surface area contributed by atoms with Gasteiger partial charge in [-0.25, -0.2) is 14.5 Å². The zero-order valence-corrected chi connectivity index (χ0v) is 11.7. The molecule has 6 heteroatoms. The minimum Gasteiger partial charge on any atom is -0.454 e. The second-order valence-electron chi connectivity index (χ2n) is 4.55. The zero-order chi connectivity index (χ0) is 14.5. The number of aryl methyl sites for hydroxylation is 2. The normalized spacial score (nSPS) is 10.5. The van der Waals surface area contributed by atoms with Crippen molar-refractivity contribution in [2.24, 2.45) is 0 Å². The first kappa shape index (κ1) is 14.0. The molecule has 0 saturated heterocycles. The first-order valence-corrected chi connectivity index (χ1v) is 6.51. The monoisotopic (exact) mass is 274 g/mol. The van der Waals surface area contributed by atoms with Crippen LogP contribution in [0.5, 0.6) is 0 Å². The lowest BCUT2D eigenvalue weighted by atomic mass is 10.1. The summed E-state index contributed by atoms with van der Waals surface area (Å²) in [5.74, 6) is 0.266. The summed E-state index contributed by atoms with van der Waals surface area (Å²) in [5.41, 5.74) is 7.60. The van der Waals surface area contributed by atoms with Crippen LogP contribution in [0.3, 0.4) is 0 Å². The first-order valence-electron chi connectivity index (χ1n) is 6.51. The van der Waals surface area contributed by atoms with Gasteiger partial charge in [0, 0.05) is 12.2 Å². The molecule has 1 heterocycles. The molecule has 0 radical (unpaired) electrons. The fourth-order valence-corrected chi connectivity index (χ4v) is 1.92. The fourth-order valence-electron chi connectivity index (χ4n) is 1.92. The molecule has 106 valence electrons. The molecule has 0 amide bonds. The van der Waals surface area contributed by atoms with E-state index in [1.165, 1.54) is 6.33 Å². The van der Waals surface area contributed by atoms with Crippen LogP contribution in [0.25, 0.3) is 0 Å². The molecule has 0 aliphatic heterocycles. The van der Waals surface area contributed by atoms with Gasteiger partial charge in [-0.2, -0.15) is 5.10 Å². The number of nitrogen functional groups attached to an aromatic ring is 1. The summed E-state index contributed by atoms with van der Waals surface area (Å²) < 4.78 is 7.02. The molecule has 1 aromatic carbocycles. The molecule has 0 atom stereocenters. The van der Waals surface area contributed by atoms with Crippen LogP contribution in [0, 0.1) is 6.92 Å². The Bertz CT molecular complexity index is 607. The molecule has 2 N–H and O–H groups in total. The highest BCUT2D eigenvalue weighted by atomic mass is 16.5. The molecule has 2 aromatic rings. The molecular formula is C14H18N4O2. The standard InChI is InChI=1S/C14H18N4O2/c1-3-6-18-13(16-9-17-18)8-20-14(19)12-5-4-11(15)7-10(12)2/h4-5,7,9H,3,6,8,15H2,1-2H3. The Morgan fingerprint density at radius 1 is 1.45 bits per heavy atom. The summed E-state index contributed by atoms with van der Waals surface area (Å²) in [6, 6.07) is 5.10. The second kappa shape index (κ2) is 6.18. The van der Waals surface area contributed by atoms with Crippen molar-refractivity contribution < 1.29 is 9.53 Å². The molecule has 0 aliphatic carbocycles. The van der Waals surface area contributed by atoms with Crippen LogP contribution in [0.4, 0.5) is 5.69 Å². The molecule has 6 nitrogen and oxygen atoms in total. The van der Waals surface area contributed by atoms with E-state index in [0.717, 1.165) is 18.5 Å². The van der Waals surface area contributed by atoms with Gasteiger partial charge in [0.1, 0.15) is 6.33 Å². The number of ether oxygens (including phenoxy) is 1. The van der Waals surface area contributed by atoms with Gasteiger partial charge in [0.2, 0.25) is 0 Å². The van der Waals surface area contributed by atoms with Crippen molar-refractivity contribution in [3.8, 4) is 0 Å². The number of benzene rings is 1. The third kappa shape index (κ3) is 3.14. The van der Waals surface area contributed by atoms with Crippen molar-refractivity contribution in [3.63, 3.8) is 0 Å². The van der Waals surface area contributed by atoms with Crippen LogP contribution in [-0.4, -0.2) is 20.7 Å². The van der Waals surface area contributed by atoms with Gasteiger partial charge in [-0.3, -0.25) is 0 Å². The number of nitrogens with zero attached hydrogens (tertiary/aromatic N) is 3. The number of rotatable bonds is 5. The van der Waals surface area contributed by atoms with Crippen molar-refractivity contribution in [2.45, 2.75) is 33.4 Å². The minimum atomic E-state index is -0.381. The van der Waals surface area contributed by atoms with Gasteiger partial charge in [-0.05, 0) is 37.1 Å². The predicted octanol–water partition coefficient (Wildman–Crippen LogP) is 1.94. The van der Waals surface area contributed by atoms with Crippen LogP contribution in [0.2, 0.25) is 0 Å². The molecule has 0 saturated carbocycles. The first-order chi connectivity index (χ1) is 9.61. The van der Waals surface area contributed by atoms with Crippen LogP contribution in [0.1, 0.15) is 35.1 Å². The lowest BCUT2D eigenvalue weighted by Gasteiger charge is -2.08. The third-order valence-electron chi connectivity index (χ3n) is 2.93. The highest BCUT2D eigenvalue weighted by molar-refractivity contribution is 5.91. The second-order valence-corrected chi connectivity index (χ2v) is 4.55. The van der Waals surface area contributed by atoms with E-state index in [9.17, 15) is 4.79 Å². The van der Waals surface area contributed by atoms with Crippen LogP contribution >= 0.6 is 0 Å². The quantitative estimate of drug-likeness (QED) is 0.665. The lowest BCUT2D eigenvalue weighted by Crippen LogP contribution is -2.12. The molecule has 0 fully saturated rings. The van der Waals surface area contributed by atoms with E-state index in [1.54, 1.807) is 22.9 Å². The van der Waals surface area contributed by atoms with Crippen LogP contribution in [-0.2, 0) is 17.9 Å². The van der Waals surface area contributed by atoms with Crippen molar-refractivity contribution in [2.75, 3.05) is 5.73 Å². The van der Waals surface area contributed by atoms with Gasteiger partial charge < -0.3 is 10.5 Å². The zero-order valence-electron chi connectivity index (χ0n) is 11.7. The topological polar surface area (TPSA) is 83.0 Å².